The minimum absolute atomic E-state index is 0.217. The van der Waals surface area contributed by atoms with Gasteiger partial charge in [0.05, 0.1) is 12.2 Å². The molecule has 0 heterocycles. The molecule has 0 aliphatic rings. The first-order chi connectivity index (χ1) is 14.8. The van der Waals surface area contributed by atoms with Crippen molar-refractivity contribution in [1.29, 1.82) is 0 Å². The third kappa shape index (κ3) is 5.57. The molecule has 0 aliphatic carbocycles. The Labute approximate surface area is 183 Å². The van der Waals surface area contributed by atoms with Crippen molar-refractivity contribution in [3.8, 4) is 17.2 Å². The van der Waals surface area contributed by atoms with Crippen LogP contribution in [-0.2, 0) is 5.41 Å². The van der Waals surface area contributed by atoms with Gasteiger partial charge in [0.2, 0.25) is 0 Å². The molecule has 3 rings (SSSR count). The molecule has 0 aromatic heterocycles. The summed E-state index contributed by atoms with van der Waals surface area (Å²) < 4.78 is 11.2. The maximum Gasteiger partial charge on any atom is 0.119 e. The van der Waals surface area contributed by atoms with E-state index < -0.39 is 17.6 Å². The zero-order chi connectivity index (χ0) is 22.4. The van der Waals surface area contributed by atoms with E-state index in [1.165, 1.54) is 0 Å². The van der Waals surface area contributed by atoms with E-state index in [0.717, 1.165) is 16.7 Å². The van der Waals surface area contributed by atoms with Crippen LogP contribution in [0.2, 0.25) is 0 Å². The third-order valence-corrected chi connectivity index (χ3v) is 5.29. The normalized spacial score (nSPS) is 15.0. The monoisotopic (exact) mass is 422 g/mol. The van der Waals surface area contributed by atoms with Crippen LogP contribution in [0.4, 0.5) is 0 Å². The predicted octanol–water partition coefficient (Wildman–Crippen LogP) is 4.27. The van der Waals surface area contributed by atoms with Gasteiger partial charge in [0, 0.05) is 5.41 Å². The van der Waals surface area contributed by atoms with Crippen LogP contribution in [0, 0.1) is 0 Å². The molecule has 0 spiro atoms. The topological polar surface area (TPSA) is 79.2 Å². The SMILES string of the molecule is CC(O)COc1ccc(C(C)(c2ccc(O)cc2)c2ccc(OCC(C)O)cc2)cc1. The van der Waals surface area contributed by atoms with Crippen molar-refractivity contribution >= 4 is 0 Å². The van der Waals surface area contributed by atoms with Crippen LogP contribution in [0.1, 0.15) is 37.5 Å². The molecule has 3 N–H and O–H groups in total. The molecule has 2 unspecified atom stereocenters. The Morgan fingerprint density at radius 3 is 1.29 bits per heavy atom. The third-order valence-electron chi connectivity index (χ3n) is 5.29. The number of aliphatic hydroxyl groups is 2. The Balaban J connectivity index is 1.97. The average Bonchev–Trinajstić information content (AvgIpc) is 2.77. The van der Waals surface area contributed by atoms with Crippen molar-refractivity contribution in [3.05, 3.63) is 89.5 Å². The molecule has 0 amide bonds. The summed E-state index contributed by atoms with van der Waals surface area (Å²) in [5, 5.41) is 28.6. The van der Waals surface area contributed by atoms with Crippen LogP contribution in [0.5, 0.6) is 17.2 Å². The van der Waals surface area contributed by atoms with Crippen LogP contribution in [0.25, 0.3) is 0 Å². The number of ether oxygens (including phenoxy) is 2. The highest BCUT2D eigenvalue weighted by Crippen LogP contribution is 2.40. The van der Waals surface area contributed by atoms with Crippen molar-refractivity contribution in [2.45, 2.75) is 38.4 Å². The molecule has 0 radical (unpaired) electrons. The van der Waals surface area contributed by atoms with E-state index in [0.29, 0.717) is 11.5 Å². The van der Waals surface area contributed by atoms with Gasteiger partial charge in [-0.05, 0) is 73.9 Å². The first-order valence-electron chi connectivity index (χ1n) is 10.4. The lowest BCUT2D eigenvalue weighted by Crippen LogP contribution is -2.25. The largest absolute Gasteiger partial charge is 0.508 e. The summed E-state index contributed by atoms with van der Waals surface area (Å²) in [6, 6.07) is 22.9. The number of phenols is 1. The van der Waals surface area contributed by atoms with E-state index in [2.05, 4.69) is 6.92 Å². The highest BCUT2D eigenvalue weighted by Gasteiger charge is 2.31. The van der Waals surface area contributed by atoms with Gasteiger partial charge in [-0.1, -0.05) is 36.4 Å². The lowest BCUT2D eigenvalue weighted by Gasteiger charge is -2.32. The quantitative estimate of drug-likeness (QED) is 0.449. The first-order valence-corrected chi connectivity index (χ1v) is 10.4. The molecule has 3 aromatic carbocycles. The van der Waals surface area contributed by atoms with E-state index in [9.17, 15) is 15.3 Å². The maximum atomic E-state index is 9.77. The second-order valence-corrected chi connectivity index (χ2v) is 8.04. The van der Waals surface area contributed by atoms with Gasteiger partial charge in [-0.3, -0.25) is 0 Å². The maximum absolute atomic E-state index is 9.77. The molecule has 0 fully saturated rings. The fraction of sp³-hybridized carbons (Fsp3) is 0.308. The van der Waals surface area contributed by atoms with E-state index >= 15 is 0 Å². The Hall–Kier alpha value is -3.02. The van der Waals surface area contributed by atoms with Crippen LogP contribution in [0.15, 0.2) is 72.8 Å². The van der Waals surface area contributed by atoms with Crippen molar-refractivity contribution in [1.82, 2.24) is 0 Å². The minimum atomic E-state index is -0.531. The van der Waals surface area contributed by atoms with E-state index in [-0.39, 0.29) is 19.0 Å². The average molecular weight is 423 g/mol. The fourth-order valence-corrected chi connectivity index (χ4v) is 3.50. The van der Waals surface area contributed by atoms with Gasteiger partial charge >= 0.3 is 0 Å². The molecule has 0 bridgehead atoms. The summed E-state index contributed by atoms with van der Waals surface area (Å²) in [7, 11) is 0. The smallest absolute Gasteiger partial charge is 0.119 e. The first kappa shape index (κ1) is 22.7. The van der Waals surface area contributed by atoms with E-state index in [4.69, 9.17) is 9.47 Å². The standard InChI is InChI=1S/C26H30O5/c1-18(27)16-30-24-12-6-21(7-13-24)26(3,20-4-10-23(29)11-5-20)22-8-14-25(15-9-22)31-17-19(2)28/h4-15,18-19,27-29H,16-17H2,1-3H3. The van der Waals surface area contributed by atoms with Crippen molar-refractivity contribution < 1.29 is 24.8 Å². The molecule has 0 saturated carbocycles. The summed E-state index contributed by atoms with van der Waals surface area (Å²) in [4.78, 5) is 0. The number of hydrogen-bond acceptors (Lipinski definition) is 5. The molecule has 164 valence electrons. The van der Waals surface area contributed by atoms with Gasteiger partial charge in [0.1, 0.15) is 30.5 Å². The number of aromatic hydroxyl groups is 1. The summed E-state index contributed by atoms with van der Waals surface area (Å²) in [6.45, 7) is 5.98. The molecule has 0 saturated heterocycles. The molecular formula is C26H30O5. The number of aliphatic hydroxyl groups excluding tert-OH is 2. The number of phenolic OH excluding ortho intramolecular Hbond substituents is 1. The number of hydrogen-bond donors (Lipinski definition) is 3. The highest BCUT2D eigenvalue weighted by atomic mass is 16.5. The van der Waals surface area contributed by atoms with Crippen LogP contribution < -0.4 is 9.47 Å². The zero-order valence-corrected chi connectivity index (χ0v) is 18.2. The predicted molar refractivity (Wildman–Crippen MR) is 121 cm³/mol. The van der Waals surface area contributed by atoms with Gasteiger partial charge in [0.15, 0.2) is 0 Å². The fourth-order valence-electron chi connectivity index (χ4n) is 3.50. The molecule has 31 heavy (non-hydrogen) atoms. The van der Waals surface area contributed by atoms with Crippen molar-refractivity contribution in [2.24, 2.45) is 0 Å². The van der Waals surface area contributed by atoms with Crippen LogP contribution in [-0.4, -0.2) is 40.7 Å². The van der Waals surface area contributed by atoms with Gasteiger partial charge in [0.25, 0.3) is 0 Å². The molecule has 3 aromatic rings. The van der Waals surface area contributed by atoms with Crippen LogP contribution >= 0.6 is 0 Å². The van der Waals surface area contributed by atoms with Crippen molar-refractivity contribution in [3.63, 3.8) is 0 Å². The van der Waals surface area contributed by atoms with E-state index in [1.807, 2.05) is 60.7 Å². The van der Waals surface area contributed by atoms with Gasteiger partial charge in [-0.15, -0.1) is 0 Å². The summed E-state index contributed by atoms with van der Waals surface area (Å²) in [5.41, 5.74) is 2.65. The van der Waals surface area contributed by atoms with Crippen LogP contribution in [0.3, 0.4) is 0 Å². The highest BCUT2D eigenvalue weighted by molar-refractivity contribution is 5.52. The molecule has 2 atom stereocenters. The Bertz CT molecular complexity index is 889. The summed E-state index contributed by atoms with van der Waals surface area (Å²) in [5.74, 6) is 1.61. The second kappa shape index (κ2) is 9.86. The molecule has 5 heteroatoms. The molecule has 0 aliphatic heterocycles. The van der Waals surface area contributed by atoms with Gasteiger partial charge < -0.3 is 24.8 Å². The van der Waals surface area contributed by atoms with Gasteiger partial charge in [-0.25, -0.2) is 0 Å². The second-order valence-electron chi connectivity index (χ2n) is 8.04. The van der Waals surface area contributed by atoms with Crippen molar-refractivity contribution in [2.75, 3.05) is 13.2 Å². The lowest BCUT2D eigenvalue weighted by atomic mass is 9.71. The Kier molecular flexibility index (Phi) is 7.21. The Morgan fingerprint density at radius 2 is 0.968 bits per heavy atom. The molecular weight excluding hydrogens is 392 g/mol. The number of benzene rings is 3. The summed E-state index contributed by atoms with van der Waals surface area (Å²) in [6.07, 6.45) is -1.06. The molecule has 5 nitrogen and oxygen atoms in total. The summed E-state index contributed by atoms with van der Waals surface area (Å²) >= 11 is 0. The van der Waals surface area contributed by atoms with E-state index in [1.54, 1.807) is 26.0 Å². The minimum Gasteiger partial charge on any atom is -0.508 e. The Morgan fingerprint density at radius 1 is 0.645 bits per heavy atom. The zero-order valence-electron chi connectivity index (χ0n) is 18.2. The number of rotatable bonds is 9. The lowest BCUT2D eigenvalue weighted by molar-refractivity contribution is 0.122. The van der Waals surface area contributed by atoms with Gasteiger partial charge in [-0.2, -0.15) is 0 Å².